The molecule has 8 nitrogen and oxygen atoms in total. The zero-order valence-corrected chi connectivity index (χ0v) is 20.1. The number of methoxy groups -OCH3 is 1. The number of aliphatic hydroxyl groups excluding tert-OH is 1. The lowest BCUT2D eigenvalue weighted by Gasteiger charge is -2.48. The van der Waals surface area contributed by atoms with E-state index in [9.17, 15) is 9.50 Å². The highest BCUT2D eigenvalue weighted by atomic mass is 35.5. The van der Waals surface area contributed by atoms with E-state index in [4.69, 9.17) is 36.5 Å². The Bertz CT molecular complexity index is 1530. The van der Waals surface area contributed by atoms with Gasteiger partial charge in [0.2, 0.25) is 5.82 Å². The maximum atomic E-state index is 14.5. The average molecular weight is 509 g/mol. The van der Waals surface area contributed by atoms with Gasteiger partial charge < -0.3 is 25.1 Å². The summed E-state index contributed by atoms with van der Waals surface area (Å²) in [5.74, 6) is 1.76. The van der Waals surface area contributed by atoms with Gasteiger partial charge in [0, 0.05) is 17.6 Å². The lowest BCUT2D eigenvalue weighted by Crippen LogP contribution is -2.48. The smallest absolute Gasteiger partial charge is 0.207 e. The third kappa shape index (κ3) is 3.46. The number of hydrogen-bond donors (Lipinski definition) is 2. The van der Waals surface area contributed by atoms with Crippen molar-refractivity contribution in [3.05, 3.63) is 71.2 Å². The van der Waals surface area contributed by atoms with Gasteiger partial charge in [0.1, 0.15) is 45.1 Å². The van der Waals surface area contributed by atoms with Gasteiger partial charge in [-0.05, 0) is 49.2 Å². The molecule has 36 heavy (non-hydrogen) atoms. The lowest BCUT2D eigenvalue weighted by atomic mass is 9.79. The monoisotopic (exact) mass is 508 g/mol. The zero-order chi connectivity index (χ0) is 25.0. The minimum Gasteiger partial charge on any atom is -0.494 e. The molecule has 4 aromatic rings. The Morgan fingerprint density at radius 3 is 2.64 bits per heavy atom. The molecule has 1 unspecified atom stereocenters. The molecule has 1 saturated heterocycles. The molecule has 0 radical (unpaired) electrons. The molecule has 10 heteroatoms. The summed E-state index contributed by atoms with van der Waals surface area (Å²) in [7, 11) is 1.40. The van der Waals surface area contributed by atoms with Gasteiger partial charge in [-0.3, -0.25) is 4.40 Å². The average Bonchev–Trinajstić information content (AvgIpc) is 3.29. The summed E-state index contributed by atoms with van der Waals surface area (Å²) in [6.45, 7) is -0.0108. The van der Waals surface area contributed by atoms with Gasteiger partial charge in [0.05, 0.1) is 19.9 Å². The molecular weight excluding hydrogens is 487 g/mol. The van der Waals surface area contributed by atoms with Crippen molar-refractivity contribution in [2.24, 2.45) is 0 Å². The zero-order valence-electron chi connectivity index (χ0n) is 19.3. The molecule has 0 saturated carbocycles. The highest BCUT2D eigenvalue weighted by Gasteiger charge is 2.48. The van der Waals surface area contributed by atoms with Crippen molar-refractivity contribution in [3.63, 3.8) is 0 Å². The van der Waals surface area contributed by atoms with E-state index >= 15 is 0 Å². The molecule has 0 amide bonds. The summed E-state index contributed by atoms with van der Waals surface area (Å²) in [6.07, 6.45) is 3.55. The first-order valence-corrected chi connectivity index (χ1v) is 11.8. The van der Waals surface area contributed by atoms with Crippen molar-refractivity contribution >= 4 is 28.5 Å². The van der Waals surface area contributed by atoms with Gasteiger partial charge in [-0.25, -0.2) is 9.97 Å². The molecule has 1 atom stereocenters. The lowest BCUT2D eigenvalue weighted by molar-refractivity contribution is -0.129. The number of nitrogen functional groups attached to an aromatic ring is 1. The number of imidazole rings is 1. The van der Waals surface area contributed by atoms with Gasteiger partial charge in [-0.2, -0.15) is 4.39 Å². The molecule has 3 aliphatic rings. The van der Waals surface area contributed by atoms with Crippen molar-refractivity contribution in [2.45, 2.75) is 24.9 Å². The van der Waals surface area contributed by atoms with Crippen LogP contribution >= 0.6 is 11.6 Å². The van der Waals surface area contributed by atoms with Gasteiger partial charge in [0.15, 0.2) is 11.5 Å². The fourth-order valence-electron chi connectivity index (χ4n) is 4.79. The third-order valence-electron chi connectivity index (χ3n) is 6.69. The van der Waals surface area contributed by atoms with E-state index in [0.717, 1.165) is 16.9 Å². The molecule has 2 aromatic carbocycles. The summed E-state index contributed by atoms with van der Waals surface area (Å²) in [5.41, 5.74) is 8.68. The number of fused-ring (bicyclic) bond motifs is 3. The second-order valence-corrected chi connectivity index (χ2v) is 9.24. The first-order valence-electron chi connectivity index (χ1n) is 11.4. The number of allylic oxidation sites excluding steroid dienone is 1. The largest absolute Gasteiger partial charge is 0.494 e. The molecule has 4 heterocycles. The minimum absolute atomic E-state index is 0.0108. The van der Waals surface area contributed by atoms with E-state index < -0.39 is 11.4 Å². The van der Waals surface area contributed by atoms with Crippen molar-refractivity contribution in [2.75, 3.05) is 19.5 Å². The number of benzene rings is 2. The molecule has 2 bridgehead atoms. The van der Waals surface area contributed by atoms with E-state index in [-0.39, 0.29) is 23.9 Å². The Balaban J connectivity index is 1.40. The van der Waals surface area contributed by atoms with E-state index in [0.29, 0.717) is 47.2 Å². The second kappa shape index (κ2) is 8.39. The van der Waals surface area contributed by atoms with E-state index in [1.165, 1.54) is 25.4 Å². The SMILES string of the molecule is COc1cccc(Oc2ccc(-c3nc(C4=C5CC(CO)(CC4)O5)n4c(Cl)cnc(N)c34)cc2)c1F. The molecular formula is C26H22ClFN4O4. The first-order chi connectivity index (χ1) is 17.4. The van der Waals surface area contributed by atoms with E-state index in [1.807, 2.05) is 12.1 Å². The maximum absolute atomic E-state index is 14.5. The van der Waals surface area contributed by atoms with Crippen LogP contribution in [0, 0.1) is 5.82 Å². The molecule has 1 fully saturated rings. The highest BCUT2D eigenvalue weighted by molar-refractivity contribution is 6.30. The Kier molecular flexibility index (Phi) is 5.27. The van der Waals surface area contributed by atoms with Crippen LogP contribution in [0.4, 0.5) is 10.2 Å². The van der Waals surface area contributed by atoms with Crippen LogP contribution < -0.4 is 15.2 Å². The fraction of sp³-hybridized carbons (Fsp3) is 0.231. The van der Waals surface area contributed by atoms with Crippen LogP contribution in [0.5, 0.6) is 17.2 Å². The van der Waals surface area contributed by atoms with Crippen LogP contribution in [0.2, 0.25) is 5.15 Å². The Morgan fingerprint density at radius 1 is 1.22 bits per heavy atom. The Labute approximate surface area is 210 Å². The van der Waals surface area contributed by atoms with Crippen molar-refractivity contribution in [1.29, 1.82) is 0 Å². The van der Waals surface area contributed by atoms with Crippen LogP contribution in [0.15, 0.2) is 54.4 Å². The first kappa shape index (κ1) is 22.6. The van der Waals surface area contributed by atoms with Crippen molar-refractivity contribution < 1.29 is 23.7 Å². The summed E-state index contributed by atoms with van der Waals surface area (Å²) in [5, 5.41) is 10.0. The van der Waals surface area contributed by atoms with Gasteiger partial charge >= 0.3 is 0 Å². The number of aliphatic hydroxyl groups is 1. The topological polar surface area (TPSA) is 104 Å². The Morgan fingerprint density at radius 2 is 1.97 bits per heavy atom. The van der Waals surface area contributed by atoms with Crippen LogP contribution in [0.1, 0.15) is 25.1 Å². The molecule has 1 aliphatic carbocycles. The van der Waals surface area contributed by atoms with Crippen molar-refractivity contribution in [3.8, 4) is 28.5 Å². The predicted molar refractivity (Wildman–Crippen MR) is 133 cm³/mol. The number of anilines is 1. The number of nitrogens with two attached hydrogens (primary N) is 1. The molecule has 2 aromatic heterocycles. The molecule has 0 spiro atoms. The standard InChI is InChI=1S/C26H22ClFN4O4/c1-34-17-3-2-4-18(21(17)28)35-15-7-5-14(6-8-15)22-23-24(29)30-12-20(27)32(23)25(31-22)16-9-10-26(13-33)11-19(16)36-26/h2-8,12,33H,9-11,13H2,1H3,(H2,29,30). The normalized spacial score (nSPS) is 18.7. The third-order valence-corrected chi connectivity index (χ3v) is 6.96. The molecule has 184 valence electrons. The number of aromatic nitrogens is 3. The molecule has 2 aliphatic heterocycles. The number of rotatable bonds is 6. The van der Waals surface area contributed by atoms with Crippen LogP contribution in [0.3, 0.4) is 0 Å². The van der Waals surface area contributed by atoms with Crippen LogP contribution in [-0.4, -0.2) is 38.8 Å². The number of halogens is 2. The van der Waals surface area contributed by atoms with Crippen LogP contribution in [-0.2, 0) is 4.74 Å². The summed E-state index contributed by atoms with van der Waals surface area (Å²) in [6, 6.07) is 11.8. The van der Waals surface area contributed by atoms with Crippen LogP contribution in [0.25, 0.3) is 22.3 Å². The second-order valence-electron chi connectivity index (χ2n) is 8.85. The molecule has 3 N–H and O–H groups in total. The fourth-order valence-corrected chi connectivity index (χ4v) is 5.01. The quantitative estimate of drug-likeness (QED) is 0.367. The van der Waals surface area contributed by atoms with Gasteiger partial charge in [0.25, 0.3) is 0 Å². The maximum Gasteiger partial charge on any atom is 0.207 e. The summed E-state index contributed by atoms with van der Waals surface area (Å²) < 4.78 is 33.0. The van der Waals surface area contributed by atoms with E-state index in [1.54, 1.807) is 22.6 Å². The van der Waals surface area contributed by atoms with E-state index in [2.05, 4.69) is 4.98 Å². The minimum atomic E-state index is -0.576. The summed E-state index contributed by atoms with van der Waals surface area (Å²) in [4.78, 5) is 9.15. The predicted octanol–water partition coefficient (Wildman–Crippen LogP) is 5.23. The summed E-state index contributed by atoms with van der Waals surface area (Å²) >= 11 is 6.56. The van der Waals surface area contributed by atoms with Crippen molar-refractivity contribution in [1.82, 2.24) is 14.4 Å². The number of hydrogen-bond acceptors (Lipinski definition) is 7. The number of nitrogens with zero attached hydrogens (tertiary/aromatic N) is 3. The molecule has 7 rings (SSSR count). The highest BCUT2D eigenvalue weighted by Crippen LogP contribution is 2.50. The Hall–Kier alpha value is -3.82. The van der Waals surface area contributed by atoms with Gasteiger partial charge in [-0.1, -0.05) is 17.7 Å². The van der Waals surface area contributed by atoms with Gasteiger partial charge in [-0.15, -0.1) is 0 Å². The number of ether oxygens (including phenoxy) is 3.